The van der Waals surface area contributed by atoms with Gasteiger partial charge in [-0.3, -0.25) is 10.1 Å². The van der Waals surface area contributed by atoms with Crippen molar-refractivity contribution in [2.24, 2.45) is 0 Å². The Morgan fingerprint density at radius 1 is 1.43 bits per heavy atom. The lowest BCUT2D eigenvalue weighted by molar-refractivity contribution is -0.387. The molecule has 3 nitrogen and oxygen atoms in total. The predicted octanol–water partition coefficient (Wildman–Crippen LogP) is 3.27. The fourth-order valence-corrected chi connectivity index (χ4v) is 2.28. The molecule has 0 spiro atoms. The Balaban J connectivity index is 3.20. The van der Waals surface area contributed by atoms with Gasteiger partial charge in [-0.2, -0.15) is 0 Å². The van der Waals surface area contributed by atoms with Crippen LogP contribution < -0.4 is 0 Å². The average molecular weight is 211 g/mol. The monoisotopic (exact) mass is 211 g/mol. The number of rotatable bonds is 4. The second-order valence-corrected chi connectivity index (χ2v) is 4.08. The van der Waals surface area contributed by atoms with Crippen LogP contribution >= 0.6 is 11.8 Å². The van der Waals surface area contributed by atoms with Crippen LogP contribution in [-0.2, 0) is 6.42 Å². The minimum Gasteiger partial charge on any atom is -0.258 e. The van der Waals surface area contributed by atoms with Crippen LogP contribution in [0.15, 0.2) is 23.1 Å². The fraction of sp³-hybridized carbons (Fsp3) is 0.400. The maximum absolute atomic E-state index is 10.8. The van der Waals surface area contributed by atoms with Crippen molar-refractivity contribution in [3.05, 3.63) is 33.9 Å². The van der Waals surface area contributed by atoms with Crippen LogP contribution in [-0.4, -0.2) is 10.7 Å². The molecule has 4 heteroatoms. The van der Waals surface area contributed by atoms with E-state index in [0.29, 0.717) is 0 Å². The number of hydrogen-bond donors (Lipinski definition) is 0. The summed E-state index contributed by atoms with van der Waals surface area (Å²) in [7, 11) is 0. The SMILES string of the molecule is CCSc1c(CC)cccc1[N+](=O)[O-]. The summed E-state index contributed by atoms with van der Waals surface area (Å²) in [5.74, 6) is 0.859. The van der Waals surface area contributed by atoms with E-state index in [1.54, 1.807) is 12.1 Å². The highest BCUT2D eigenvalue weighted by molar-refractivity contribution is 7.99. The Labute approximate surface area is 87.7 Å². The highest BCUT2D eigenvalue weighted by Gasteiger charge is 2.15. The molecular formula is C10H13NO2S. The van der Waals surface area contributed by atoms with E-state index in [-0.39, 0.29) is 10.6 Å². The highest BCUT2D eigenvalue weighted by atomic mass is 32.2. The van der Waals surface area contributed by atoms with Crippen LogP contribution in [0.2, 0.25) is 0 Å². The Bertz CT molecular complexity index is 339. The highest BCUT2D eigenvalue weighted by Crippen LogP contribution is 2.32. The van der Waals surface area contributed by atoms with Gasteiger partial charge in [0.15, 0.2) is 0 Å². The van der Waals surface area contributed by atoms with E-state index in [2.05, 4.69) is 0 Å². The first-order valence-electron chi connectivity index (χ1n) is 4.59. The van der Waals surface area contributed by atoms with Crippen molar-refractivity contribution in [1.82, 2.24) is 0 Å². The van der Waals surface area contributed by atoms with Gasteiger partial charge in [-0.1, -0.05) is 26.0 Å². The number of thioether (sulfide) groups is 1. The average Bonchev–Trinajstić information content (AvgIpc) is 2.18. The van der Waals surface area contributed by atoms with Crippen LogP contribution in [0.5, 0.6) is 0 Å². The maximum atomic E-state index is 10.8. The molecule has 0 radical (unpaired) electrons. The van der Waals surface area contributed by atoms with Crippen molar-refractivity contribution in [1.29, 1.82) is 0 Å². The third kappa shape index (κ3) is 2.26. The van der Waals surface area contributed by atoms with Crippen molar-refractivity contribution < 1.29 is 4.92 Å². The standard InChI is InChI=1S/C10H13NO2S/c1-3-8-6-5-7-9(11(12)13)10(8)14-4-2/h5-7H,3-4H2,1-2H3. The molecule has 0 aliphatic carbocycles. The fourth-order valence-electron chi connectivity index (χ4n) is 1.30. The smallest absolute Gasteiger partial charge is 0.258 e. The summed E-state index contributed by atoms with van der Waals surface area (Å²) < 4.78 is 0. The lowest BCUT2D eigenvalue weighted by Crippen LogP contribution is -1.94. The molecule has 76 valence electrons. The van der Waals surface area contributed by atoms with Crippen LogP contribution in [0.4, 0.5) is 5.69 Å². The van der Waals surface area contributed by atoms with Crippen molar-refractivity contribution in [3.8, 4) is 0 Å². The molecule has 0 unspecified atom stereocenters. The summed E-state index contributed by atoms with van der Waals surface area (Å²) in [5.41, 5.74) is 1.29. The topological polar surface area (TPSA) is 43.1 Å². The number of nitrogens with zero attached hydrogens (tertiary/aromatic N) is 1. The van der Waals surface area contributed by atoms with E-state index in [0.717, 1.165) is 22.6 Å². The van der Waals surface area contributed by atoms with E-state index < -0.39 is 0 Å². The number of nitro groups is 1. The third-order valence-electron chi connectivity index (χ3n) is 1.94. The maximum Gasteiger partial charge on any atom is 0.283 e. The number of nitro benzene ring substituents is 1. The van der Waals surface area contributed by atoms with E-state index in [1.165, 1.54) is 11.8 Å². The first-order valence-corrected chi connectivity index (χ1v) is 5.58. The molecule has 14 heavy (non-hydrogen) atoms. The van der Waals surface area contributed by atoms with Gasteiger partial charge in [-0.25, -0.2) is 0 Å². The van der Waals surface area contributed by atoms with Crippen molar-refractivity contribution in [3.63, 3.8) is 0 Å². The summed E-state index contributed by atoms with van der Waals surface area (Å²) in [6.45, 7) is 4.01. The van der Waals surface area contributed by atoms with Crippen LogP contribution in [0.25, 0.3) is 0 Å². The second kappa shape index (κ2) is 5.00. The summed E-state index contributed by atoms with van der Waals surface area (Å²) in [6.07, 6.45) is 0.837. The molecule has 0 amide bonds. The molecule has 0 aliphatic heterocycles. The Kier molecular flexibility index (Phi) is 3.95. The lowest BCUT2D eigenvalue weighted by Gasteiger charge is -2.06. The summed E-state index contributed by atoms with van der Waals surface area (Å²) in [6, 6.07) is 5.26. The van der Waals surface area contributed by atoms with E-state index in [4.69, 9.17) is 0 Å². The van der Waals surface area contributed by atoms with Crippen LogP contribution in [0.3, 0.4) is 0 Å². The van der Waals surface area contributed by atoms with Gasteiger partial charge in [0.25, 0.3) is 5.69 Å². The molecular weight excluding hydrogens is 198 g/mol. The number of benzene rings is 1. The molecule has 0 bridgehead atoms. The quantitative estimate of drug-likeness (QED) is 0.436. The Hall–Kier alpha value is -1.03. The molecule has 0 saturated heterocycles. The van der Waals surface area contributed by atoms with E-state index >= 15 is 0 Å². The van der Waals surface area contributed by atoms with Gasteiger partial charge in [-0.05, 0) is 17.7 Å². The molecule has 1 rings (SSSR count). The van der Waals surface area contributed by atoms with E-state index in [9.17, 15) is 10.1 Å². The minimum absolute atomic E-state index is 0.233. The van der Waals surface area contributed by atoms with Gasteiger partial charge in [0.1, 0.15) is 0 Å². The molecule has 1 aromatic rings. The number of hydrogen-bond acceptors (Lipinski definition) is 3. The van der Waals surface area contributed by atoms with Gasteiger partial charge in [-0.15, -0.1) is 11.8 Å². The van der Waals surface area contributed by atoms with Crippen molar-refractivity contribution in [2.75, 3.05) is 5.75 Å². The Morgan fingerprint density at radius 2 is 2.14 bits per heavy atom. The molecule has 0 saturated carbocycles. The summed E-state index contributed by atoms with van der Waals surface area (Å²) in [5, 5.41) is 10.8. The van der Waals surface area contributed by atoms with Gasteiger partial charge in [0.2, 0.25) is 0 Å². The zero-order valence-electron chi connectivity index (χ0n) is 8.32. The molecule has 0 N–H and O–H groups in total. The lowest BCUT2D eigenvalue weighted by atomic mass is 10.1. The Morgan fingerprint density at radius 3 is 2.64 bits per heavy atom. The predicted molar refractivity (Wildman–Crippen MR) is 58.9 cm³/mol. The zero-order chi connectivity index (χ0) is 10.6. The first-order chi connectivity index (χ1) is 6.70. The summed E-state index contributed by atoms with van der Waals surface area (Å²) in [4.78, 5) is 11.3. The van der Waals surface area contributed by atoms with Crippen LogP contribution in [0, 0.1) is 10.1 Å². The van der Waals surface area contributed by atoms with Crippen molar-refractivity contribution >= 4 is 17.4 Å². The zero-order valence-corrected chi connectivity index (χ0v) is 9.13. The normalized spacial score (nSPS) is 10.1. The first kappa shape index (κ1) is 11.0. The largest absolute Gasteiger partial charge is 0.283 e. The molecule has 0 fully saturated rings. The van der Waals surface area contributed by atoms with Gasteiger partial charge in [0, 0.05) is 6.07 Å². The molecule has 0 aliphatic rings. The molecule has 0 aromatic heterocycles. The third-order valence-corrected chi connectivity index (χ3v) is 2.99. The second-order valence-electron chi connectivity index (χ2n) is 2.81. The van der Waals surface area contributed by atoms with Crippen LogP contribution in [0.1, 0.15) is 19.4 Å². The number of aryl methyl sites for hydroxylation is 1. The van der Waals surface area contributed by atoms with Gasteiger partial charge >= 0.3 is 0 Å². The van der Waals surface area contributed by atoms with Crippen molar-refractivity contribution in [2.45, 2.75) is 25.2 Å². The van der Waals surface area contributed by atoms with Gasteiger partial charge < -0.3 is 0 Å². The molecule has 0 heterocycles. The van der Waals surface area contributed by atoms with E-state index in [1.807, 2.05) is 19.9 Å². The summed E-state index contributed by atoms with van der Waals surface area (Å²) >= 11 is 1.54. The molecule has 1 aromatic carbocycles. The minimum atomic E-state index is -0.308. The van der Waals surface area contributed by atoms with Gasteiger partial charge in [0.05, 0.1) is 9.82 Å². The molecule has 0 atom stereocenters.